The van der Waals surface area contributed by atoms with Gasteiger partial charge in [-0.1, -0.05) is 6.42 Å². The molecular formula is C14H19NO. The van der Waals surface area contributed by atoms with E-state index in [2.05, 4.69) is 11.4 Å². The highest BCUT2D eigenvalue weighted by Crippen LogP contribution is 2.53. The fourth-order valence-electron chi connectivity index (χ4n) is 4.37. The fourth-order valence-corrected chi connectivity index (χ4v) is 4.37. The first kappa shape index (κ1) is 9.29. The van der Waals surface area contributed by atoms with E-state index >= 15 is 0 Å². The molecule has 1 aromatic rings. The van der Waals surface area contributed by atoms with Gasteiger partial charge in [0.15, 0.2) is 0 Å². The Morgan fingerprint density at radius 3 is 3.06 bits per heavy atom. The van der Waals surface area contributed by atoms with Crippen LogP contribution in [0.1, 0.15) is 43.0 Å². The van der Waals surface area contributed by atoms with Gasteiger partial charge in [-0.3, -0.25) is 0 Å². The first-order chi connectivity index (χ1) is 7.92. The number of nitrogens with one attached hydrogen (secondary N) is 1. The molecular weight excluding hydrogens is 198 g/mol. The van der Waals surface area contributed by atoms with E-state index in [0.29, 0.717) is 6.04 Å². The molecule has 0 amide bonds. The maximum atomic E-state index is 5.59. The molecule has 2 fully saturated rings. The zero-order valence-electron chi connectivity index (χ0n) is 9.61. The minimum absolute atomic E-state index is 0.595. The van der Waals surface area contributed by atoms with Crippen molar-refractivity contribution in [2.24, 2.45) is 17.8 Å². The van der Waals surface area contributed by atoms with Crippen LogP contribution in [0.2, 0.25) is 0 Å². The average Bonchev–Trinajstić information content (AvgIpc) is 3.03. The molecule has 3 aliphatic rings. The summed E-state index contributed by atoms with van der Waals surface area (Å²) < 4.78 is 5.59. The van der Waals surface area contributed by atoms with Gasteiger partial charge in [0.25, 0.3) is 0 Å². The largest absolute Gasteiger partial charge is 0.469 e. The predicted molar refractivity (Wildman–Crippen MR) is 62.1 cm³/mol. The van der Waals surface area contributed by atoms with Gasteiger partial charge < -0.3 is 9.73 Å². The van der Waals surface area contributed by atoms with E-state index in [1.807, 2.05) is 6.26 Å². The molecule has 4 unspecified atom stereocenters. The van der Waals surface area contributed by atoms with Gasteiger partial charge in [0.2, 0.25) is 0 Å². The second-order valence-electron chi connectivity index (χ2n) is 5.82. The van der Waals surface area contributed by atoms with Crippen LogP contribution >= 0.6 is 0 Å². The SMILES string of the molecule is c1cc2c(o1)CCNC2C1CC2CCC1C2. The Morgan fingerprint density at radius 2 is 2.25 bits per heavy atom. The third-order valence-electron chi connectivity index (χ3n) is 5.05. The van der Waals surface area contributed by atoms with Gasteiger partial charge >= 0.3 is 0 Å². The van der Waals surface area contributed by atoms with Crippen LogP contribution in [-0.4, -0.2) is 6.54 Å². The van der Waals surface area contributed by atoms with Gasteiger partial charge in [0.05, 0.1) is 6.26 Å². The zero-order chi connectivity index (χ0) is 10.5. The highest BCUT2D eigenvalue weighted by molar-refractivity contribution is 5.26. The van der Waals surface area contributed by atoms with Crippen LogP contribution in [0.4, 0.5) is 0 Å². The molecule has 1 N–H and O–H groups in total. The smallest absolute Gasteiger partial charge is 0.109 e. The minimum Gasteiger partial charge on any atom is -0.469 e. The summed E-state index contributed by atoms with van der Waals surface area (Å²) in [4.78, 5) is 0. The normalized spacial score (nSPS) is 41.2. The molecule has 4 atom stereocenters. The molecule has 16 heavy (non-hydrogen) atoms. The molecule has 0 saturated heterocycles. The van der Waals surface area contributed by atoms with Crippen LogP contribution in [0.3, 0.4) is 0 Å². The molecule has 0 spiro atoms. The molecule has 2 heteroatoms. The number of rotatable bonds is 1. The van der Waals surface area contributed by atoms with E-state index in [-0.39, 0.29) is 0 Å². The summed E-state index contributed by atoms with van der Waals surface area (Å²) in [6, 6.07) is 2.79. The molecule has 2 aliphatic carbocycles. The first-order valence-corrected chi connectivity index (χ1v) is 6.71. The topological polar surface area (TPSA) is 25.2 Å². The van der Waals surface area contributed by atoms with E-state index in [9.17, 15) is 0 Å². The Kier molecular flexibility index (Phi) is 1.95. The minimum atomic E-state index is 0.595. The second-order valence-corrected chi connectivity index (χ2v) is 5.82. The third kappa shape index (κ3) is 1.22. The number of furan rings is 1. The van der Waals surface area contributed by atoms with Gasteiger partial charge in [-0.25, -0.2) is 0 Å². The van der Waals surface area contributed by atoms with Crippen LogP contribution < -0.4 is 5.32 Å². The Labute approximate surface area is 96.4 Å². The van der Waals surface area contributed by atoms with Crippen LogP contribution in [0, 0.1) is 17.8 Å². The van der Waals surface area contributed by atoms with Crippen molar-refractivity contribution < 1.29 is 4.42 Å². The quantitative estimate of drug-likeness (QED) is 0.782. The molecule has 2 nitrogen and oxygen atoms in total. The first-order valence-electron chi connectivity index (χ1n) is 6.71. The molecule has 1 aromatic heterocycles. The van der Waals surface area contributed by atoms with Crippen molar-refractivity contribution in [2.75, 3.05) is 6.54 Å². The molecule has 2 saturated carbocycles. The van der Waals surface area contributed by atoms with Crippen molar-refractivity contribution in [1.29, 1.82) is 0 Å². The number of hydrogen-bond acceptors (Lipinski definition) is 2. The fraction of sp³-hybridized carbons (Fsp3) is 0.714. The van der Waals surface area contributed by atoms with E-state index in [1.165, 1.54) is 37.0 Å². The molecule has 1 aliphatic heterocycles. The Balaban J connectivity index is 1.65. The summed E-state index contributed by atoms with van der Waals surface area (Å²) in [5.74, 6) is 4.15. The predicted octanol–water partition coefficient (Wildman–Crippen LogP) is 2.90. The van der Waals surface area contributed by atoms with Gasteiger partial charge in [-0.05, 0) is 43.1 Å². The van der Waals surface area contributed by atoms with Crippen molar-refractivity contribution in [1.82, 2.24) is 5.32 Å². The van der Waals surface area contributed by atoms with E-state index in [4.69, 9.17) is 4.42 Å². The molecule has 2 heterocycles. The monoisotopic (exact) mass is 217 g/mol. The number of hydrogen-bond donors (Lipinski definition) is 1. The summed E-state index contributed by atoms with van der Waals surface area (Å²) in [6.45, 7) is 1.10. The van der Waals surface area contributed by atoms with Crippen molar-refractivity contribution >= 4 is 0 Å². The van der Waals surface area contributed by atoms with E-state index in [1.54, 1.807) is 0 Å². The van der Waals surface area contributed by atoms with Crippen molar-refractivity contribution in [2.45, 2.75) is 38.1 Å². The summed E-state index contributed by atoms with van der Waals surface area (Å²) >= 11 is 0. The van der Waals surface area contributed by atoms with Gasteiger partial charge in [0.1, 0.15) is 5.76 Å². The average molecular weight is 217 g/mol. The lowest BCUT2D eigenvalue weighted by Gasteiger charge is -2.33. The van der Waals surface area contributed by atoms with E-state index in [0.717, 1.165) is 30.7 Å². The molecule has 86 valence electrons. The zero-order valence-corrected chi connectivity index (χ0v) is 9.61. The Hall–Kier alpha value is -0.760. The van der Waals surface area contributed by atoms with Crippen LogP contribution in [-0.2, 0) is 6.42 Å². The van der Waals surface area contributed by atoms with E-state index < -0.39 is 0 Å². The third-order valence-corrected chi connectivity index (χ3v) is 5.05. The summed E-state index contributed by atoms with van der Waals surface area (Å²) in [5.41, 5.74) is 1.46. The van der Waals surface area contributed by atoms with Crippen molar-refractivity contribution in [3.05, 3.63) is 23.7 Å². The summed E-state index contributed by atoms with van der Waals surface area (Å²) in [5, 5.41) is 3.73. The second kappa shape index (κ2) is 3.36. The standard InChI is InChI=1S/C14H19NO/c1-2-10-7-9(1)8-12(10)14-11-4-6-16-13(11)3-5-15-14/h4,6,9-10,12,14-15H,1-3,5,7-8H2. The molecule has 2 bridgehead atoms. The van der Waals surface area contributed by atoms with Gasteiger partial charge in [-0.15, -0.1) is 0 Å². The van der Waals surface area contributed by atoms with Crippen LogP contribution in [0.5, 0.6) is 0 Å². The number of fused-ring (bicyclic) bond motifs is 3. The lowest BCUT2D eigenvalue weighted by molar-refractivity contribution is 0.239. The van der Waals surface area contributed by atoms with Crippen LogP contribution in [0.15, 0.2) is 16.7 Å². The lowest BCUT2D eigenvalue weighted by Crippen LogP contribution is -2.36. The Bertz CT molecular complexity index is 397. The van der Waals surface area contributed by atoms with Gasteiger partial charge in [0, 0.05) is 24.6 Å². The highest BCUT2D eigenvalue weighted by atomic mass is 16.3. The molecule has 0 radical (unpaired) electrons. The van der Waals surface area contributed by atoms with Crippen molar-refractivity contribution in [3.8, 4) is 0 Å². The summed E-state index contributed by atoms with van der Waals surface area (Å²) in [7, 11) is 0. The lowest BCUT2D eigenvalue weighted by atomic mass is 9.79. The summed E-state index contributed by atoms with van der Waals surface area (Å²) in [6.07, 6.45) is 8.85. The maximum absolute atomic E-state index is 5.59. The molecule has 0 aromatic carbocycles. The Morgan fingerprint density at radius 1 is 1.25 bits per heavy atom. The molecule has 4 rings (SSSR count). The maximum Gasteiger partial charge on any atom is 0.109 e. The highest BCUT2D eigenvalue weighted by Gasteiger charge is 2.44. The van der Waals surface area contributed by atoms with Crippen LogP contribution in [0.25, 0.3) is 0 Å². The van der Waals surface area contributed by atoms with Crippen molar-refractivity contribution in [3.63, 3.8) is 0 Å². The van der Waals surface area contributed by atoms with Gasteiger partial charge in [-0.2, -0.15) is 0 Å².